The van der Waals surface area contributed by atoms with Gasteiger partial charge in [-0.2, -0.15) is 0 Å². The molecular weight excluding hydrogens is 450 g/mol. The summed E-state index contributed by atoms with van der Waals surface area (Å²) in [6, 6.07) is 12.3. The van der Waals surface area contributed by atoms with Crippen LogP contribution >= 0.6 is 0 Å². The molecule has 9 nitrogen and oxygen atoms in total. The Bertz CT molecular complexity index is 1750. The minimum atomic E-state index is -1.29. The molecule has 35 heavy (non-hydrogen) atoms. The van der Waals surface area contributed by atoms with E-state index in [9.17, 15) is 24.9 Å². The van der Waals surface area contributed by atoms with Gasteiger partial charge in [0.15, 0.2) is 0 Å². The number of methoxy groups -OCH3 is 1. The molecule has 1 aliphatic heterocycles. The second kappa shape index (κ2) is 6.82. The first-order chi connectivity index (χ1) is 16.9. The van der Waals surface area contributed by atoms with E-state index in [0.717, 1.165) is 21.8 Å². The lowest BCUT2D eigenvalue weighted by Gasteiger charge is -2.21. The molecule has 5 aromatic rings. The van der Waals surface area contributed by atoms with Crippen LogP contribution in [0.15, 0.2) is 42.5 Å². The maximum atomic E-state index is 13.2. The number of carbonyl (C=O) groups excluding carboxylic acids is 2. The highest BCUT2D eigenvalue weighted by Crippen LogP contribution is 2.47. The topological polar surface area (TPSA) is 137 Å². The van der Waals surface area contributed by atoms with Crippen LogP contribution in [-0.2, 0) is 0 Å². The summed E-state index contributed by atoms with van der Waals surface area (Å²) >= 11 is 0. The molecule has 3 heterocycles. The summed E-state index contributed by atoms with van der Waals surface area (Å²) in [6.07, 6.45) is -3.47. The minimum absolute atomic E-state index is 0.133. The van der Waals surface area contributed by atoms with Crippen molar-refractivity contribution < 1.29 is 29.6 Å². The van der Waals surface area contributed by atoms with Crippen LogP contribution in [0.25, 0.3) is 43.6 Å². The van der Waals surface area contributed by atoms with Gasteiger partial charge >= 0.3 is 0 Å². The molecule has 5 N–H and O–H groups in total. The molecular formula is C26H21N3O6. The number of hydrogen-bond donors (Lipinski definition) is 5. The van der Waals surface area contributed by atoms with Crippen LogP contribution in [0.1, 0.15) is 33.2 Å². The molecule has 0 saturated heterocycles. The number of aliphatic hydroxyl groups is 3. The number of para-hydroxylation sites is 1. The zero-order chi connectivity index (χ0) is 24.2. The molecule has 1 aliphatic carbocycles. The summed E-state index contributed by atoms with van der Waals surface area (Å²) in [5, 5.41) is 36.7. The number of ether oxygens (including phenoxy) is 1. The third-order valence-electron chi connectivity index (χ3n) is 7.54. The molecule has 0 radical (unpaired) electrons. The van der Waals surface area contributed by atoms with E-state index in [1.165, 1.54) is 0 Å². The number of aromatic amines is 1. The largest absolute Gasteiger partial charge is 0.497 e. The first kappa shape index (κ1) is 20.5. The zero-order valence-corrected chi connectivity index (χ0v) is 18.6. The van der Waals surface area contributed by atoms with Crippen molar-refractivity contribution in [2.24, 2.45) is 0 Å². The minimum Gasteiger partial charge on any atom is -0.497 e. The molecule has 4 atom stereocenters. The van der Waals surface area contributed by atoms with Crippen molar-refractivity contribution in [1.29, 1.82) is 0 Å². The van der Waals surface area contributed by atoms with E-state index in [1.807, 2.05) is 47.0 Å². The van der Waals surface area contributed by atoms with Gasteiger partial charge < -0.3 is 29.6 Å². The number of aliphatic hydroxyl groups excluding tert-OH is 3. The van der Waals surface area contributed by atoms with Gasteiger partial charge in [-0.25, -0.2) is 0 Å². The Morgan fingerprint density at radius 1 is 0.943 bits per heavy atom. The molecule has 2 amide bonds. The fraction of sp³-hybridized carbons (Fsp3) is 0.231. The average Bonchev–Trinajstić information content (AvgIpc) is 3.55. The van der Waals surface area contributed by atoms with Gasteiger partial charge in [0.05, 0.1) is 41.4 Å². The maximum absolute atomic E-state index is 13.2. The van der Waals surface area contributed by atoms with Crippen molar-refractivity contribution in [1.82, 2.24) is 14.9 Å². The fourth-order valence-electron chi connectivity index (χ4n) is 6.01. The summed E-state index contributed by atoms with van der Waals surface area (Å²) in [4.78, 5) is 29.7. The Hall–Kier alpha value is -3.92. The molecule has 1 saturated carbocycles. The molecule has 2 aromatic heterocycles. The van der Waals surface area contributed by atoms with Gasteiger partial charge in [0.2, 0.25) is 0 Å². The number of hydrogen-bond acceptors (Lipinski definition) is 6. The number of carbonyl (C=O) groups is 2. The van der Waals surface area contributed by atoms with Crippen LogP contribution in [-0.4, -0.2) is 62.1 Å². The Morgan fingerprint density at radius 2 is 1.69 bits per heavy atom. The van der Waals surface area contributed by atoms with Crippen molar-refractivity contribution in [3.8, 4) is 5.75 Å². The number of rotatable bonds is 2. The second-order valence-electron chi connectivity index (χ2n) is 9.28. The Morgan fingerprint density at radius 3 is 2.40 bits per heavy atom. The van der Waals surface area contributed by atoms with Crippen LogP contribution < -0.4 is 10.1 Å². The smallest absolute Gasteiger partial charge is 0.259 e. The molecule has 176 valence electrons. The summed E-state index contributed by atoms with van der Waals surface area (Å²) < 4.78 is 7.30. The van der Waals surface area contributed by atoms with Crippen molar-refractivity contribution in [2.75, 3.05) is 7.11 Å². The van der Waals surface area contributed by atoms with E-state index < -0.39 is 36.2 Å². The van der Waals surface area contributed by atoms with Gasteiger partial charge in [-0.1, -0.05) is 18.2 Å². The number of benzene rings is 3. The van der Waals surface area contributed by atoms with Gasteiger partial charge in [0, 0.05) is 32.6 Å². The molecule has 3 aromatic carbocycles. The number of nitrogens with one attached hydrogen (secondary N) is 2. The molecule has 7 rings (SSSR count). The van der Waals surface area contributed by atoms with E-state index in [-0.39, 0.29) is 12.0 Å². The summed E-state index contributed by atoms with van der Waals surface area (Å²) in [5.41, 5.74) is 3.32. The van der Waals surface area contributed by atoms with Crippen LogP contribution in [0, 0.1) is 0 Å². The van der Waals surface area contributed by atoms with Crippen LogP contribution in [0.4, 0.5) is 0 Å². The monoisotopic (exact) mass is 471 g/mol. The molecule has 0 bridgehead atoms. The van der Waals surface area contributed by atoms with E-state index in [4.69, 9.17) is 4.74 Å². The molecule has 0 spiro atoms. The number of amides is 2. The van der Waals surface area contributed by atoms with Crippen LogP contribution in [0.5, 0.6) is 5.75 Å². The molecule has 9 heteroatoms. The number of aromatic nitrogens is 2. The van der Waals surface area contributed by atoms with E-state index >= 15 is 0 Å². The van der Waals surface area contributed by atoms with Gasteiger partial charge in [-0.3, -0.25) is 14.9 Å². The summed E-state index contributed by atoms with van der Waals surface area (Å²) in [7, 11) is 1.56. The predicted molar refractivity (Wildman–Crippen MR) is 129 cm³/mol. The van der Waals surface area contributed by atoms with E-state index in [2.05, 4.69) is 10.3 Å². The van der Waals surface area contributed by atoms with Gasteiger partial charge in [0.25, 0.3) is 11.8 Å². The Kier molecular flexibility index (Phi) is 3.98. The first-order valence-corrected chi connectivity index (χ1v) is 11.4. The highest BCUT2D eigenvalue weighted by molar-refractivity contribution is 6.39. The number of H-pyrrole nitrogens is 1. The standard InChI is InChI=1S/C26H21N3O6/c1-35-10-6-7-13-12(8-10)17-19-20(26(34)28-25(19)33)18-11-4-2-3-5-14(11)29(22(18)21(17)27-13)15-9-16(30)24(32)23(15)31/h2-8,15-16,23-24,27,30-32H,9H2,1H3,(H,28,33,34)/t15?,16-,23?,24+/m0/s1. The third kappa shape index (κ3) is 2.47. The summed E-state index contributed by atoms with van der Waals surface area (Å²) in [5.74, 6) is -0.344. The Balaban J connectivity index is 1.75. The van der Waals surface area contributed by atoms with E-state index in [0.29, 0.717) is 33.1 Å². The van der Waals surface area contributed by atoms with E-state index in [1.54, 1.807) is 7.11 Å². The second-order valence-corrected chi connectivity index (χ2v) is 9.28. The lowest BCUT2D eigenvalue weighted by molar-refractivity contribution is -0.0241. The highest BCUT2D eigenvalue weighted by atomic mass is 16.5. The zero-order valence-electron chi connectivity index (χ0n) is 18.6. The summed E-state index contributed by atoms with van der Waals surface area (Å²) in [6.45, 7) is 0. The van der Waals surface area contributed by atoms with Gasteiger partial charge in [0.1, 0.15) is 18.0 Å². The number of imide groups is 1. The predicted octanol–water partition coefficient (Wildman–Crippen LogP) is 2.35. The molecule has 2 aliphatic rings. The van der Waals surface area contributed by atoms with Gasteiger partial charge in [-0.15, -0.1) is 0 Å². The van der Waals surface area contributed by atoms with Crippen LogP contribution in [0.2, 0.25) is 0 Å². The van der Waals surface area contributed by atoms with Crippen molar-refractivity contribution >= 4 is 55.4 Å². The lowest BCUT2D eigenvalue weighted by atomic mass is 9.96. The lowest BCUT2D eigenvalue weighted by Crippen LogP contribution is -2.31. The SMILES string of the molecule is COc1ccc2[nH]c3c(c4c(c5c6ccccc6n(C6C[C@H](O)[C@@H](O)C6O)c35)C(=O)NC4=O)c2c1. The molecule has 1 fully saturated rings. The number of fused-ring (bicyclic) bond motifs is 10. The molecule has 2 unspecified atom stereocenters. The fourth-order valence-corrected chi connectivity index (χ4v) is 6.01. The van der Waals surface area contributed by atoms with Crippen molar-refractivity contribution in [3.05, 3.63) is 53.6 Å². The normalized spacial score (nSPS) is 24.2. The first-order valence-electron chi connectivity index (χ1n) is 11.4. The van der Waals surface area contributed by atoms with Crippen molar-refractivity contribution in [2.45, 2.75) is 30.8 Å². The average molecular weight is 471 g/mol. The quantitative estimate of drug-likeness (QED) is 0.251. The van der Waals surface area contributed by atoms with Gasteiger partial charge in [-0.05, 0) is 30.7 Å². The maximum Gasteiger partial charge on any atom is 0.259 e. The van der Waals surface area contributed by atoms with Crippen LogP contribution in [0.3, 0.4) is 0 Å². The number of nitrogens with zero attached hydrogens (tertiary/aromatic N) is 1. The highest BCUT2D eigenvalue weighted by Gasteiger charge is 2.44. The third-order valence-corrected chi connectivity index (χ3v) is 7.54. The Labute approximate surface area is 197 Å². The van der Waals surface area contributed by atoms with Crippen molar-refractivity contribution in [3.63, 3.8) is 0 Å².